The maximum absolute atomic E-state index is 11.9. The molecule has 1 unspecified atom stereocenters. The Morgan fingerprint density at radius 3 is 2.89 bits per heavy atom. The molecule has 2 rings (SSSR count). The lowest BCUT2D eigenvalue weighted by atomic mass is 10.1. The van der Waals surface area contributed by atoms with Crippen LogP contribution in [0, 0.1) is 0 Å². The minimum Gasteiger partial charge on any atom is -0.320 e. The molecule has 0 saturated carbocycles. The Hall–Kier alpha value is -1.72. The lowest BCUT2D eigenvalue weighted by Crippen LogP contribution is -2.43. The van der Waals surface area contributed by atoms with Gasteiger partial charge in [0.15, 0.2) is 0 Å². The summed E-state index contributed by atoms with van der Waals surface area (Å²) in [5.74, 6) is -0.547. The van der Waals surface area contributed by atoms with Gasteiger partial charge in [0.1, 0.15) is 0 Å². The van der Waals surface area contributed by atoms with Crippen molar-refractivity contribution in [1.82, 2.24) is 5.32 Å². The molecule has 0 aromatic heterocycles. The van der Waals surface area contributed by atoms with Gasteiger partial charge in [-0.2, -0.15) is 0 Å². The summed E-state index contributed by atoms with van der Waals surface area (Å²) in [6.45, 7) is 2.33. The van der Waals surface area contributed by atoms with Crippen LogP contribution in [0.3, 0.4) is 0 Å². The number of nitrogens with one attached hydrogen (secondary N) is 1. The Kier molecular flexibility index (Phi) is 3.45. The van der Waals surface area contributed by atoms with Gasteiger partial charge in [0.2, 0.25) is 11.8 Å². The SMILES string of the molecule is CNCc1ccc2c(c1)CC(=O)N2C(=O)C(C)N. The molecule has 5 nitrogen and oxygen atoms in total. The van der Waals surface area contributed by atoms with Crippen molar-refractivity contribution < 1.29 is 9.59 Å². The van der Waals surface area contributed by atoms with E-state index in [9.17, 15) is 9.59 Å². The Balaban J connectivity index is 2.35. The largest absolute Gasteiger partial charge is 0.320 e. The smallest absolute Gasteiger partial charge is 0.250 e. The minimum absolute atomic E-state index is 0.200. The third-order valence-electron chi connectivity index (χ3n) is 2.97. The van der Waals surface area contributed by atoms with Gasteiger partial charge in [0, 0.05) is 6.54 Å². The summed E-state index contributed by atoms with van der Waals surface area (Å²) in [6, 6.07) is 5.01. The normalized spacial score (nSPS) is 15.7. The van der Waals surface area contributed by atoms with E-state index in [0.717, 1.165) is 17.7 Å². The van der Waals surface area contributed by atoms with Crippen LogP contribution in [0.4, 0.5) is 5.69 Å². The first-order valence-corrected chi connectivity index (χ1v) is 5.93. The highest BCUT2D eigenvalue weighted by Crippen LogP contribution is 2.30. The summed E-state index contributed by atoms with van der Waals surface area (Å²) >= 11 is 0. The molecule has 1 aromatic rings. The number of hydrogen-bond donors (Lipinski definition) is 2. The first-order valence-electron chi connectivity index (χ1n) is 5.93. The van der Waals surface area contributed by atoms with Crippen molar-refractivity contribution in [2.45, 2.75) is 25.9 Å². The number of fused-ring (bicyclic) bond motifs is 1. The van der Waals surface area contributed by atoms with Crippen molar-refractivity contribution in [1.29, 1.82) is 0 Å². The van der Waals surface area contributed by atoms with Gasteiger partial charge in [-0.05, 0) is 31.2 Å². The molecule has 1 aliphatic rings. The summed E-state index contributed by atoms with van der Waals surface area (Å²) in [5.41, 5.74) is 8.21. The second-order valence-corrected chi connectivity index (χ2v) is 4.53. The molecule has 0 aliphatic carbocycles. The Labute approximate surface area is 106 Å². The fraction of sp³-hybridized carbons (Fsp3) is 0.385. The fourth-order valence-corrected chi connectivity index (χ4v) is 2.13. The summed E-state index contributed by atoms with van der Waals surface area (Å²) in [4.78, 5) is 25.0. The van der Waals surface area contributed by atoms with Crippen molar-refractivity contribution in [2.75, 3.05) is 11.9 Å². The molecule has 0 spiro atoms. The van der Waals surface area contributed by atoms with Crippen LogP contribution in [-0.2, 0) is 22.6 Å². The molecular weight excluding hydrogens is 230 g/mol. The zero-order valence-corrected chi connectivity index (χ0v) is 10.6. The number of nitrogens with two attached hydrogens (primary N) is 1. The van der Waals surface area contributed by atoms with E-state index in [0.29, 0.717) is 5.69 Å². The standard InChI is InChI=1S/C13H17N3O2/c1-8(14)13(18)16-11-4-3-9(7-15-2)5-10(11)6-12(16)17/h3-5,8,15H,6-7,14H2,1-2H3. The number of carbonyl (C=O) groups is 2. The van der Waals surface area contributed by atoms with Crippen LogP contribution >= 0.6 is 0 Å². The van der Waals surface area contributed by atoms with Crippen molar-refractivity contribution in [2.24, 2.45) is 5.73 Å². The first kappa shape index (κ1) is 12.7. The summed E-state index contributed by atoms with van der Waals surface area (Å²) in [6.07, 6.45) is 0.269. The average Bonchev–Trinajstić information content (AvgIpc) is 2.63. The van der Waals surface area contributed by atoms with Gasteiger partial charge in [-0.25, -0.2) is 4.90 Å². The molecule has 3 N–H and O–H groups in total. The molecule has 0 saturated heterocycles. The summed E-state index contributed by atoms with van der Waals surface area (Å²) < 4.78 is 0. The molecule has 1 aliphatic heterocycles. The molecule has 2 amide bonds. The van der Waals surface area contributed by atoms with E-state index in [4.69, 9.17) is 5.73 Å². The van der Waals surface area contributed by atoms with Gasteiger partial charge >= 0.3 is 0 Å². The fourth-order valence-electron chi connectivity index (χ4n) is 2.13. The van der Waals surface area contributed by atoms with Crippen LogP contribution in [0.15, 0.2) is 18.2 Å². The Morgan fingerprint density at radius 1 is 1.56 bits per heavy atom. The molecule has 0 radical (unpaired) electrons. The van der Waals surface area contributed by atoms with E-state index in [1.165, 1.54) is 4.90 Å². The van der Waals surface area contributed by atoms with E-state index in [1.54, 1.807) is 6.92 Å². The zero-order valence-electron chi connectivity index (χ0n) is 10.6. The number of hydrogen-bond acceptors (Lipinski definition) is 4. The van der Waals surface area contributed by atoms with Crippen molar-refractivity contribution in [3.05, 3.63) is 29.3 Å². The number of amides is 2. The maximum atomic E-state index is 11.9. The van der Waals surface area contributed by atoms with E-state index < -0.39 is 6.04 Å². The van der Waals surface area contributed by atoms with Crippen LogP contribution < -0.4 is 16.0 Å². The summed E-state index contributed by atoms with van der Waals surface area (Å²) in [5, 5.41) is 3.05. The number of nitrogens with zero attached hydrogens (tertiary/aromatic N) is 1. The minimum atomic E-state index is -0.670. The Morgan fingerprint density at radius 2 is 2.28 bits per heavy atom. The topological polar surface area (TPSA) is 75.4 Å². The highest BCUT2D eigenvalue weighted by atomic mass is 16.2. The van der Waals surface area contributed by atoms with E-state index in [-0.39, 0.29) is 18.2 Å². The highest BCUT2D eigenvalue weighted by molar-refractivity contribution is 6.20. The predicted octanol–water partition coefficient (Wildman–Crippen LogP) is 0.169. The molecule has 1 heterocycles. The number of rotatable bonds is 3. The molecule has 1 atom stereocenters. The maximum Gasteiger partial charge on any atom is 0.250 e. The van der Waals surface area contributed by atoms with Crippen molar-refractivity contribution in [3.63, 3.8) is 0 Å². The van der Waals surface area contributed by atoms with E-state index in [2.05, 4.69) is 5.32 Å². The van der Waals surface area contributed by atoms with Crippen LogP contribution in [-0.4, -0.2) is 24.9 Å². The second-order valence-electron chi connectivity index (χ2n) is 4.53. The monoisotopic (exact) mass is 247 g/mol. The summed E-state index contributed by atoms with van der Waals surface area (Å²) in [7, 11) is 1.87. The number of benzene rings is 1. The third-order valence-corrected chi connectivity index (χ3v) is 2.97. The number of carbonyl (C=O) groups excluding carboxylic acids is 2. The van der Waals surface area contributed by atoms with Gasteiger partial charge in [0.05, 0.1) is 18.2 Å². The molecular formula is C13H17N3O2. The van der Waals surface area contributed by atoms with Gasteiger partial charge < -0.3 is 11.1 Å². The van der Waals surface area contributed by atoms with Gasteiger partial charge in [0.25, 0.3) is 0 Å². The number of anilines is 1. The zero-order chi connectivity index (χ0) is 13.3. The molecule has 1 aromatic carbocycles. The van der Waals surface area contributed by atoms with Crippen molar-refractivity contribution >= 4 is 17.5 Å². The molecule has 18 heavy (non-hydrogen) atoms. The second kappa shape index (κ2) is 4.88. The first-order chi connectivity index (χ1) is 8.54. The van der Waals surface area contributed by atoms with Crippen LogP contribution in [0.1, 0.15) is 18.1 Å². The van der Waals surface area contributed by atoms with Crippen molar-refractivity contribution in [3.8, 4) is 0 Å². The highest BCUT2D eigenvalue weighted by Gasteiger charge is 2.33. The van der Waals surface area contributed by atoms with E-state index >= 15 is 0 Å². The lowest BCUT2D eigenvalue weighted by Gasteiger charge is -2.17. The lowest BCUT2D eigenvalue weighted by molar-refractivity contribution is -0.126. The molecule has 0 fully saturated rings. The molecule has 5 heteroatoms. The third kappa shape index (κ3) is 2.14. The van der Waals surface area contributed by atoms with Gasteiger partial charge in [-0.15, -0.1) is 0 Å². The quantitative estimate of drug-likeness (QED) is 0.798. The van der Waals surface area contributed by atoms with Gasteiger partial charge in [-0.3, -0.25) is 9.59 Å². The predicted molar refractivity (Wildman–Crippen MR) is 69.1 cm³/mol. The average molecular weight is 247 g/mol. The van der Waals surface area contributed by atoms with Crippen LogP contribution in [0.25, 0.3) is 0 Å². The van der Waals surface area contributed by atoms with E-state index in [1.807, 2.05) is 25.2 Å². The van der Waals surface area contributed by atoms with Gasteiger partial charge in [-0.1, -0.05) is 12.1 Å². The molecule has 96 valence electrons. The Bertz CT molecular complexity index is 497. The number of imide groups is 1. The molecule has 0 bridgehead atoms. The van der Waals surface area contributed by atoms with Crippen LogP contribution in [0.5, 0.6) is 0 Å². The van der Waals surface area contributed by atoms with Crippen LogP contribution in [0.2, 0.25) is 0 Å².